The van der Waals surface area contributed by atoms with Gasteiger partial charge < -0.3 is 16.0 Å². The van der Waals surface area contributed by atoms with Crippen molar-refractivity contribution in [2.24, 2.45) is 5.92 Å². The molecule has 0 bridgehead atoms. The van der Waals surface area contributed by atoms with E-state index < -0.39 is 0 Å². The molecule has 1 heterocycles. The number of nitrogens with one attached hydrogen (secondary N) is 3. The average molecular weight is 287 g/mol. The molecule has 0 spiro atoms. The monoisotopic (exact) mass is 287 g/mol. The Kier molecular flexibility index (Phi) is 4.20. The van der Waals surface area contributed by atoms with Gasteiger partial charge in [-0.05, 0) is 56.5 Å². The second kappa shape index (κ2) is 6.26. The molecule has 0 aromatic heterocycles. The highest BCUT2D eigenvalue weighted by Gasteiger charge is 2.29. The van der Waals surface area contributed by atoms with Crippen molar-refractivity contribution in [3.8, 4) is 0 Å². The molecule has 1 unspecified atom stereocenters. The van der Waals surface area contributed by atoms with Gasteiger partial charge in [0, 0.05) is 29.8 Å². The minimum atomic E-state index is -0.0521. The van der Waals surface area contributed by atoms with Crippen LogP contribution in [0.3, 0.4) is 0 Å². The van der Waals surface area contributed by atoms with Crippen molar-refractivity contribution in [3.63, 3.8) is 0 Å². The van der Waals surface area contributed by atoms with Crippen molar-refractivity contribution < 1.29 is 9.59 Å². The molecular weight excluding hydrogens is 266 g/mol. The van der Waals surface area contributed by atoms with Crippen LogP contribution in [0.15, 0.2) is 24.3 Å². The van der Waals surface area contributed by atoms with Crippen LogP contribution in [-0.2, 0) is 4.79 Å². The normalized spacial score (nSPS) is 21.6. The van der Waals surface area contributed by atoms with E-state index in [0.717, 1.165) is 44.5 Å². The number of hydrogen-bond donors (Lipinski definition) is 3. The number of hydrogen-bond acceptors (Lipinski definition) is 3. The van der Waals surface area contributed by atoms with Crippen LogP contribution in [0.25, 0.3) is 0 Å². The highest BCUT2D eigenvalue weighted by Crippen LogP contribution is 2.30. The molecular formula is C16H21N3O2. The molecule has 1 aliphatic heterocycles. The van der Waals surface area contributed by atoms with Gasteiger partial charge in [0.05, 0.1) is 0 Å². The summed E-state index contributed by atoms with van der Waals surface area (Å²) in [5, 5.41) is 9.18. The van der Waals surface area contributed by atoms with E-state index in [1.54, 1.807) is 24.3 Å². The molecule has 1 aromatic rings. The third-order valence-corrected chi connectivity index (χ3v) is 3.99. The second-order valence-corrected chi connectivity index (χ2v) is 5.86. The highest BCUT2D eigenvalue weighted by atomic mass is 16.2. The zero-order chi connectivity index (χ0) is 14.7. The van der Waals surface area contributed by atoms with Crippen molar-refractivity contribution in [3.05, 3.63) is 29.8 Å². The maximum atomic E-state index is 12.1. The standard InChI is InChI=1S/C16H21N3O2/c20-15(11-3-4-11)18-13-7-5-12(6-8-13)16(21)19-14-2-1-9-17-10-14/h5-8,11,14,17H,1-4,9-10H2,(H,18,20)(H,19,21). The van der Waals surface area contributed by atoms with Gasteiger partial charge in [-0.25, -0.2) is 0 Å². The zero-order valence-electron chi connectivity index (χ0n) is 12.0. The van der Waals surface area contributed by atoms with Gasteiger partial charge >= 0.3 is 0 Å². The van der Waals surface area contributed by atoms with Gasteiger partial charge in [0.2, 0.25) is 5.91 Å². The Morgan fingerprint density at radius 1 is 1.10 bits per heavy atom. The van der Waals surface area contributed by atoms with Crippen LogP contribution in [-0.4, -0.2) is 30.9 Å². The molecule has 3 N–H and O–H groups in total. The van der Waals surface area contributed by atoms with Crippen molar-refractivity contribution >= 4 is 17.5 Å². The summed E-state index contributed by atoms with van der Waals surface area (Å²) in [5.74, 6) is 0.219. The third kappa shape index (κ3) is 3.82. The molecule has 1 aromatic carbocycles. The van der Waals surface area contributed by atoms with E-state index in [9.17, 15) is 9.59 Å². The number of piperidine rings is 1. The Bertz CT molecular complexity index is 517. The SMILES string of the molecule is O=C(NC1CCCNC1)c1ccc(NC(=O)C2CC2)cc1. The van der Waals surface area contributed by atoms with Crippen LogP contribution in [0.2, 0.25) is 0 Å². The van der Waals surface area contributed by atoms with Gasteiger partial charge in [-0.15, -0.1) is 0 Å². The quantitative estimate of drug-likeness (QED) is 0.786. The topological polar surface area (TPSA) is 70.2 Å². The lowest BCUT2D eigenvalue weighted by Crippen LogP contribution is -2.45. The number of amides is 2. The first-order valence-corrected chi connectivity index (χ1v) is 7.65. The summed E-state index contributed by atoms with van der Waals surface area (Å²) in [7, 11) is 0. The zero-order valence-corrected chi connectivity index (χ0v) is 12.0. The minimum Gasteiger partial charge on any atom is -0.348 e. The van der Waals surface area contributed by atoms with Gasteiger partial charge in [-0.3, -0.25) is 9.59 Å². The first-order valence-electron chi connectivity index (χ1n) is 7.65. The van der Waals surface area contributed by atoms with E-state index in [4.69, 9.17) is 0 Å². The molecule has 21 heavy (non-hydrogen) atoms. The molecule has 1 aliphatic carbocycles. The van der Waals surface area contributed by atoms with E-state index in [0.29, 0.717) is 5.56 Å². The third-order valence-electron chi connectivity index (χ3n) is 3.99. The van der Waals surface area contributed by atoms with Crippen molar-refractivity contribution in [2.75, 3.05) is 18.4 Å². The van der Waals surface area contributed by atoms with E-state index in [1.807, 2.05) is 0 Å². The molecule has 2 aliphatic rings. The minimum absolute atomic E-state index is 0.0521. The van der Waals surface area contributed by atoms with Crippen LogP contribution in [0.4, 0.5) is 5.69 Å². The van der Waals surface area contributed by atoms with Crippen LogP contribution in [0.1, 0.15) is 36.0 Å². The Morgan fingerprint density at radius 3 is 2.48 bits per heavy atom. The van der Waals surface area contributed by atoms with E-state index in [2.05, 4.69) is 16.0 Å². The van der Waals surface area contributed by atoms with Crippen LogP contribution in [0, 0.1) is 5.92 Å². The maximum Gasteiger partial charge on any atom is 0.251 e. The van der Waals surface area contributed by atoms with Crippen LogP contribution in [0.5, 0.6) is 0 Å². The molecule has 5 nitrogen and oxygen atoms in total. The highest BCUT2D eigenvalue weighted by molar-refractivity contribution is 5.96. The van der Waals surface area contributed by atoms with E-state index in [1.165, 1.54) is 0 Å². The van der Waals surface area contributed by atoms with Crippen LogP contribution < -0.4 is 16.0 Å². The summed E-state index contributed by atoms with van der Waals surface area (Å²) in [4.78, 5) is 23.8. The molecule has 0 radical (unpaired) electrons. The number of carbonyl (C=O) groups excluding carboxylic acids is 2. The smallest absolute Gasteiger partial charge is 0.251 e. The Hall–Kier alpha value is -1.88. The fraction of sp³-hybridized carbons (Fsp3) is 0.500. The molecule has 5 heteroatoms. The predicted octanol–water partition coefficient (Wildman–Crippen LogP) is 1.52. The van der Waals surface area contributed by atoms with Crippen LogP contribution >= 0.6 is 0 Å². The largest absolute Gasteiger partial charge is 0.348 e. The summed E-state index contributed by atoms with van der Waals surface area (Å²) in [5.41, 5.74) is 1.38. The van der Waals surface area contributed by atoms with Crippen molar-refractivity contribution in [2.45, 2.75) is 31.7 Å². The Balaban J connectivity index is 1.55. The Morgan fingerprint density at radius 2 is 1.86 bits per heavy atom. The fourth-order valence-corrected chi connectivity index (χ4v) is 2.54. The number of carbonyl (C=O) groups is 2. The molecule has 2 amide bonds. The fourth-order valence-electron chi connectivity index (χ4n) is 2.54. The number of anilines is 1. The number of rotatable bonds is 4. The first kappa shape index (κ1) is 14.1. The lowest BCUT2D eigenvalue weighted by Gasteiger charge is -2.23. The summed E-state index contributed by atoms with van der Waals surface area (Å²) >= 11 is 0. The molecule has 1 saturated heterocycles. The molecule has 112 valence electrons. The molecule has 3 rings (SSSR count). The molecule has 2 fully saturated rings. The molecule has 1 saturated carbocycles. The predicted molar refractivity (Wildman–Crippen MR) is 81.2 cm³/mol. The van der Waals surface area contributed by atoms with Gasteiger partial charge in [-0.1, -0.05) is 0 Å². The molecule has 1 atom stereocenters. The lowest BCUT2D eigenvalue weighted by atomic mass is 10.1. The lowest BCUT2D eigenvalue weighted by molar-refractivity contribution is -0.117. The summed E-state index contributed by atoms with van der Waals surface area (Å²) < 4.78 is 0. The average Bonchev–Trinajstić information content (AvgIpc) is 3.33. The Labute approximate surface area is 124 Å². The summed E-state index contributed by atoms with van der Waals surface area (Å²) in [6, 6.07) is 7.30. The van der Waals surface area contributed by atoms with Gasteiger partial charge in [-0.2, -0.15) is 0 Å². The van der Waals surface area contributed by atoms with Gasteiger partial charge in [0.15, 0.2) is 0 Å². The van der Waals surface area contributed by atoms with Gasteiger partial charge in [0.25, 0.3) is 5.91 Å². The second-order valence-electron chi connectivity index (χ2n) is 5.86. The maximum absolute atomic E-state index is 12.1. The van der Waals surface area contributed by atoms with E-state index >= 15 is 0 Å². The summed E-state index contributed by atoms with van der Waals surface area (Å²) in [6.45, 7) is 1.86. The number of benzene rings is 1. The van der Waals surface area contributed by atoms with E-state index in [-0.39, 0.29) is 23.8 Å². The van der Waals surface area contributed by atoms with Gasteiger partial charge in [0.1, 0.15) is 0 Å². The first-order chi connectivity index (χ1) is 10.2. The summed E-state index contributed by atoms with van der Waals surface area (Å²) in [6.07, 6.45) is 4.09. The van der Waals surface area contributed by atoms with Crippen molar-refractivity contribution in [1.29, 1.82) is 0 Å². The van der Waals surface area contributed by atoms with Crippen molar-refractivity contribution in [1.82, 2.24) is 10.6 Å².